The quantitative estimate of drug-likeness (QED) is 0.777. The van der Waals surface area contributed by atoms with Gasteiger partial charge in [0.1, 0.15) is 11.6 Å². The van der Waals surface area contributed by atoms with E-state index >= 15 is 0 Å². The van der Waals surface area contributed by atoms with Gasteiger partial charge in [-0.15, -0.1) is 0 Å². The molecule has 1 unspecified atom stereocenters. The molecule has 0 aliphatic rings. The van der Waals surface area contributed by atoms with Crippen molar-refractivity contribution >= 4 is 0 Å². The van der Waals surface area contributed by atoms with Gasteiger partial charge in [-0.25, -0.2) is 8.78 Å². The van der Waals surface area contributed by atoms with Crippen LogP contribution in [0.3, 0.4) is 0 Å². The molecule has 21 heavy (non-hydrogen) atoms. The van der Waals surface area contributed by atoms with Crippen LogP contribution in [0, 0.1) is 11.6 Å². The van der Waals surface area contributed by atoms with Gasteiger partial charge in [0.05, 0.1) is 12.6 Å². The first-order chi connectivity index (χ1) is 9.71. The number of halogens is 5. The lowest BCUT2D eigenvalue weighted by Gasteiger charge is -2.24. The Kier molecular flexibility index (Phi) is 6.54. The summed E-state index contributed by atoms with van der Waals surface area (Å²) in [7, 11) is 0. The zero-order valence-electron chi connectivity index (χ0n) is 11.6. The minimum atomic E-state index is -4.31. The second kappa shape index (κ2) is 7.70. The van der Waals surface area contributed by atoms with Crippen LogP contribution in [0.1, 0.15) is 31.4 Å². The third kappa shape index (κ3) is 6.86. The average Bonchev–Trinajstić information content (AvgIpc) is 2.33. The summed E-state index contributed by atoms with van der Waals surface area (Å²) in [5.74, 6) is -1.66. The Labute approximate surface area is 120 Å². The maximum Gasteiger partial charge on any atom is 0.401 e. The highest BCUT2D eigenvalue weighted by Gasteiger charge is 2.30. The third-order valence-electron chi connectivity index (χ3n) is 2.93. The molecule has 0 radical (unpaired) electrons. The van der Waals surface area contributed by atoms with Crippen molar-refractivity contribution in [3.8, 4) is 0 Å². The van der Waals surface area contributed by atoms with Crippen LogP contribution in [0.15, 0.2) is 18.2 Å². The molecule has 0 saturated heterocycles. The summed E-state index contributed by atoms with van der Waals surface area (Å²) < 4.78 is 63.2. The molecular weight excluding hydrogens is 293 g/mol. The van der Waals surface area contributed by atoms with Crippen molar-refractivity contribution in [3.05, 3.63) is 35.4 Å². The fourth-order valence-electron chi connectivity index (χ4n) is 2.08. The van der Waals surface area contributed by atoms with Gasteiger partial charge in [0.15, 0.2) is 0 Å². The number of rotatable bonds is 7. The average molecular weight is 311 g/mol. The second-order valence-corrected chi connectivity index (χ2v) is 4.90. The molecule has 1 aromatic carbocycles. The first-order valence-corrected chi connectivity index (χ1v) is 6.64. The Morgan fingerprint density at radius 1 is 1.10 bits per heavy atom. The van der Waals surface area contributed by atoms with Gasteiger partial charge in [-0.2, -0.15) is 13.2 Å². The van der Waals surface area contributed by atoms with E-state index in [0.717, 1.165) is 12.1 Å². The summed E-state index contributed by atoms with van der Waals surface area (Å²) in [6, 6.07) is 2.62. The molecule has 0 heterocycles. The predicted octanol–water partition coefficient (Wildman–Crippen LogP) is 3.66. The minimum absolute atomic E-state index is 0.00729. The van der Waals surface area contributed by atoms with E-state index in [1.165, 1.54) is 4.90 Å². The molecule has 0 bridgehead atoms. The molecule has 1 aromatic rings. The first-order valence-electron chi connectivity index (χ1n) is 6.64. The molecule has 0 spiro atoms. The molecule has 2 nitrogen and oxygen atoms in total. The molecule has 0 aromatic heterocycles. The van der Waals surface area contributed by atoms with Crippen molar-refractivity contribution in [2.75, 3.05) is 19.6 Å². The van der Waals surface area contributed by atoms with Crippen molar-refractivity contribution in [2.24, 2.45) is 0 Å². The Hall–Kier alpha value is -1.21. The standard InChI is InChI=1S/C14H18F5NO/c1-2-4-20(9-14(17,18)19)5-3-13(21)10-6-11(15)8-12(16)7-10/h6-8,13,21H,2-5,9H2,1H3. The number of aliphatic hydroxyl groups is 1. The molecule has 120 valence electrons. The van der Waals surface area contributed by atoms with E-state index in [1.54, 1.807) is 6.92 Å². The molecule has 0 aliphatic heterocycles. The number of alkyl halides is 3. The molecule has 0 amide bonds. The van der Waals surface area contributed by atoms with Gasteiger partial charge >= 0.3 is 6.18 Å². The SMILES string of the molecule is CCCN(CCC(O)c1cc(F)cc(F)c1)CC(F)(F)F. The van der Waals surface area contributed by atoms with E-state index in [4.69, 9.17) is 0 Å². The Morgan fingerprint density at radius 2 is 1.67 bits per heavy atom. The Morgan fingerprint density at radius 3 is 2.14 bits per heavy atom. The lowest BCUT2D eigenvalue weighted by atomic mass is 10.1. The van der Waals surface area contributed by atoms with Crippen LogP contribution in [0.5, 0.6) is 0 Å². The lowest BCUT2D eigenvalue weighted by Crippen LogP contribution is -2.36. The second-order valence-electron chi connectivity index (χ2n) is 4.90. The largest absolute Gasteiger partial charge is 0.401 e. The predicted molar refractivity (Wildman–Crippen MR) is 68.7 cm³/mol. The highest BCUT2D eigenvalue weighted by Crippen LogP contribution is 2.21. The van der Waals surface area contributed by atoms with Crippen LogP contribution in [-0.4, -0.2) is 35.8 Å². The highest BCUT2D eigenvalue weighted by molar-refractivity contribution is 5.20. The van der Waals surface area contributed by atoms with Gasteiger partial charge in [-0.1, -0.05) is 6.92 Å². The molecule has 1 atom stereocenters. The number of nitrogens with zero attached hydrogens (tertiary/aromatic N) is 1. The molecule has 1 rings (SSSR count). The maximum absolute atomic E-state index is 13.0. The topological polar surface area (TPSA) is 23.5 Å². The maximum atomic E-state index is 13.0. The fraction of sp³-hybridized carbons (Fsp3) is 0.571. The smallest absolute Gasteiger partial charge is 0.388 e. The first kappa shape index (κ1) is 17.8. The molecule has 7 heteroatoms. The van der Waals surface area contributed by atoms with Crippen LogP contribution in [0.25, 0.3) is 0 Å². The Balaban J connectivity index is 2.61. The van der Waals surface area contributed by atoms with Crippen molar-refractivity contribution in [1.82, 2.24) is 4.90 Å². The van der Waals surface area contributed by atoms with Gasteiger partial charge in [-0.3, -0.25) is 4.90 Å². The fourth-order valence-corrected chi connectivity index (χ4v) is 2.08. The number of hydrogen-bond acceptors (Lipinski definition) is 2. The van der Waals surface area contributed by atoms with Crippen LogP contribution in [-0.2, 0) is 0 Å². The van der Waals surface area contributed by atoms with Crippen molar-refractivity contribution in [3.63, 3.8) is 0 Å². The van der Waals surface area contributed by atoms with Crippen LogP contribution in [0.4, 0.5) is 22.0 Å². The van der Waals surface area contributed by atoms with Gasteiger partial charge in [0.25, 0.3) is 0 Å². The summed E-state index contributed by atoms with van der Waals surface area (Å²) in [5, 5.41) is 9.84. The highest BCUT2D eigenvalue weighted by atomic mass is 19.4. The summed E-state index contributed by atoms with van der Waals surface area (Å²) in [5.41, 5.74) is 0.0240. The van der Waals surface area contributed by atoms with E-state index in [1.807, 2.05) is 0 Å². The summed E-state index contributed by atoms with van der Waals surface area (Å²) in [6.07, 6.45) is -5.01. The van der Waals surface area contributed by atoms with Gasteiger partial charge in [0.2, 0.25) is 0 Å². The van der Waals surface area contributed by atoms with E-state index in [0.29, 0.717) is 12.5 Å². The molecule has 0 fully saturated rings. The third-order valence-corrected chi connectivity index (χ3v) is 2.93. The van der Waals surface area contributed by atoms with Crippen molar-refractivity contribution < 1.29 is 27.1 Å². The molecular formula is C14H18F5NO. The monoisotopic (exact) mass is 311 g/mol. The number of benzene rings is 1. The molecule has 0 saturated carbocycles. The zero-order valence-corrected chi connectivity index (χ0v) is 11.6. The number of hydrogen-bond donors (Lipinski definition) is 1. The van der Waals surface area contributed by atoms with Crippen LogP contribution in [0.2, 0.25) is 0 Å². The lowest BCUT2D eigenvalue weighted by molar-refractivity contribution is -0.146. The molecule has 1 N–H and O–H groups in total. The number of aliphatic hydroxyl groups excluding tert-OH is 1. The summed E-state index contributed by atoms with van der Waals surface area (Å²) >= 11 is 0. The minimum Gasteiger partial charge on any atom is -0.388 e. The zero-order chi connectivity index (χ0) is 16.0. The van der Waals surface area contributed by atoms with Crippen molar-refractivity contribution in [1.29, 1.82) is 0 Å². The Bertz CT molecular complexity index is 429. The normalized spacial score (nSPS) is 13.7. The van der Waals surface area contributed by atoms with Crippen LogP contribution >= 0.6 is 0 Å². The van der Waals surface area contributed by atoms with E-state index in [-0.39, 0.29) is 25.1 Å². The van der Waals surface area contributed by atoms with Gasteiger partial charge in [0, 0.05) is 12.6 Å². The van der Waals surface area contributed by atoms with Crippen LogP contribution < -0.4 is 0 Å². The van der Waals surface area contributed by atoms with Gasteiger partial charge < -0.3 is 5.11 Å². The van der Waals surface area contributed by atoms with E-state index in [9.17, 15) is 27.1 Å². The van der Waals surface area contributed by atoms with E-state index < -0.39 is 30.5 Å². The van der Waals surface area contributed by atoms with E-state index in [2.05, 4.69) is 0 Å². The summed E-state index contributed by atoms with van der Waals surface area (Å²) in [4.78, 5) is 1.17. The summed E-state index contributed by atoms with van der Waals surface area (Å²) in [6.45, 7) is 0.920. The van der Waals surface area contributed by atoms with Crippen molar-refractivity contribution in [2.45, 2.75) is 32.0 Å². The molecule has 0 aliphatic carbocycles. The van der Waals surface area contributed by atoms with Gasteiger partial charge in [-0.05, 0) is 37.1 Å².